The molecule has 7 heteroatoms. The van der Waals surface area contributed by atoms with E-state index in [1.54, 1.807) is 26.8 Å². The second-order valence-electron chi connectivity index (χ2n) is 11.9. The fourth-order valence-electron chi connectivity index (χ4n) is 5.16. The van der Waals surface area contributed by atoms with Crippen molar-refractivity contribution >= 4 is 34.4 Å². The van der Waals surface area contributed by atoms with E-state index >= 15 is 0 Å². The van der Waals surface area contributed by atoms with Crippen LogP contribution < -0.4 is 10.6 Å². The Morgan fingerprint density at radius 2 is 1.57 bits per heavy atom. The standard InChI is InChI=1S/C37H41N3O4/c1-7-22-40(35(42)32(23-27-15-9-8-10-16-27)39-36(43)44-37(4,5)6)33(31-19-13-14-25(2)26(31)3)34(41)38-30-21-20-28-17-11-12-18-29(28)24-30/h7-21,24,32-33H,1,22-23H2,2-6H3,(H,38,41)(H,39,43). The van der Waals surface area contributed by atoms with Gasteiger partial charge in [-0.25, -0.2) is 4.79 Å². The zero-order valence-corrected chi connectivity index (χ0v) is 26.1. The van der Waals surface area contributed by atoms with Gasteiger partial charge in [-0.3, -0.25) is 9.59 Å². The minimum Gasteiger partial charge on any atom is -0.444 e. The number of carbonyl (C=O) groups is 3. The van der Waals surface area contributed by atoms with Crippen molar-refractivity contribution in [3.8, 4) is 0 Å². The molecule has 0 saturated carbocycles. The molecule has 0 aliphatic rings. The first kappa shape index (κ1) is 32.0. The maximum atomic E-state index is 14.5. The van der Waals surface area contributed by atoms with Crippen LogP contribution in [0.3, 0.4) is 0 Å². The number of nitrogens with zero attached hydrogens (tertiary/aromatic N) is 1. The third kappa shape index (κ3) is 8.13. The first-order valence-electron chi connectivity index (χ1n) is 14.8. The van der Waals surface area contributed by atoms with E-state index in [9.17, 15) is 14.4 Å². The molecule has 4 aromatic rings. The Kier molecular flexibility index (Phi) is 10.2. The summed E-state index contributed by atoms with van der Waals surface area (Å²) >= 11 is 0. The quantitative estimate of drug-likeness (QED) is 0.190. The van der Waals surface area contributed by atoms with Crippen LogP contribution in [-0.2, 0) is 20.7 Å². The number of aryl methyl sites for hydroxylation is 1. The zero-order valence-electron chi connectivity index (χ0n) is 26.1. The Balaban J connectivity index is 1.76. The van der Waals surface area contributed by atoms with Crippen molar-refractivity contribution in [2.24, 2.45) is 0 Å². The number of alkyl carbamates (subject to hydrolysis) is 1. The van der Waals surface area contributed by atoms with E-state index in [1.807, 2.05) is 105 Å². The summed E-state index contributed by atoms with van der Waals surface area (Å²) in [7, 11) is 0. The Morgan fingerprint density at radius 1 is 0.886 bits per heavy atom. The lowest BCUT2D eigenvalue weighted by Gasteiger charge is -2.34. The maximum absolute atomic E-state index is 14.5. The Morgan fingerprint density at radius 3 is 2.25 bits per heavy atom. The number of nitrogens with one attached hydrogen (secondary N) is 2. The second kappa shape index (κ2) is 14.0. The number of anilines is 1. The molecule has 228 valence electrons. The minimum absolute atomic E-state index is 0.0727. The van der Waals surface area contributed by atoms with E-state index < -0.39 is 29.7 Å². The van der Waals surface area contributed by atoms with Crippen LogP contribution >= 0.6 is 0 Å². The molecule has 0 aliphatic carbocycles. The lowest BCUT2D eigenvalue weighted by molar-refractivity contribution is -0.140. The molecule has 0 fully saturated rings. The van der Waals surface area contributed by atoms with Crippen molar-refractivity contribution in [3.63, 3.8) is 0 Å². The molecule has 4 aromatic carbocycles. The number of fused-ring (bicyclic) bond motifs is 1. The topological polar surface area (TPSA) is 87.7 Å². The summed E-state index contributed by atoms with van der Waals surface area (Å²) in [5.74, 6) is -0.806. The maximum Gasteiger partial charge on any atom is 0.408 e. The smallest absolute Gasteiger partial charge is 0.408 e. The highest BCUT2D eigenvalue weighted by atomic mass is 16.6. The van der Waals surface area contributed by atoms with Gasteiger partial charge in [0.05, 0.1) is 0 Å². The van der Waals surface area contributed by atoms with E-state index in [1.165, 1.54) is 4.90 Å². The number of hydrogen-bond donors (Lipinski definition) is 2. The molecule has 0 saturated heterocycles. The molecule has 2 unspecified atom stereocenters. The van der Waals surface area contributed by atoms with E-state index in [-0.39, 0.29) is 18.9 Å². The molecular formula is C37H41N3O4. The average molecular weight is 592 g/mol. The third-order valence-electron chi connectivity index (χ3n) is 7.40. The van der Waals surface area contributed by atoms with Crippen LogP contribution in [0.25, 0.3) is 10.8 Å². The summed E-state index contributed by atoms with van der Waals surface area (Å²) in [6, 6.07) is 26.7. The molecule has 7 nitrogen and oxygen atoms in total. The molecule has 0 aromatic heterocycles. The second-order valence-corrected chi connectivity index (χ2v) is 11.9. The fraction of sp³-hybridized carbons (Fsp3) is 0.270. The van der Waals surface area contributed by atoms with Gasteiger partial charge < -0.3 is 20.3 Å². The predicted octanol–water partition coefficient (Wildman–Crippen LogP) is 7.29. The highest BCUT2D eigenvalue weighted by molar-refractivity contribution is 6.00. The molecule has 2 atom stereocenters. The molecule has 0 spiro atoms. The Labute approximate surface area is 259 Å². The van der Waals surface area contributed by atoms with Gasteiger partial charge >= 0.3 is 6.09 Å². The highest BCUT2D eigenvalue weighted by Gasteiger charge is 2.37. The van der Waals surface area contributed by atoms with Crippen LogP contribution in [-0.4, -0.2) is 41.0 Å². The van der Waals surface area contributed by atoms with Crippen molar-refractivity contribution in [1.29, 1.82) is 0 Å². The zero-order chi connectivity index (χ0) is 31.9. The lowest BCUT2D eigenvalue weighted by atomic mass is 9.94. The van der Waals surface area contributed by atoms with Gasteiger partial charge in [0.15, 0.2) is 0 Å². The molecule has 0 heterocycles. The van der Waals surface area contributed by atoms with Crippen molar-refractivity contribution < 1.29 is 19.1 Å². The largest absolute Gasteiger partial charge is 0.444 e. The van der Waals surface area contributed by atoms with Gasteiger partial charge in [-0.1, -0.05) is 84.9 Å². The van der Waals surface area contributed by atoms with Crippen molar-refractivity contribution in [2.45, 2.75) is 58.7 Å². The molecule has 0 aliphatic heterocycles. The fourth-order valence-corrected chi connectivity index (χ4v) is 5.16. The summed E-state index contributed by atoms with van der Waals surface area (Å²) in [5.41, 5.74) is 3.28. The molecular weight excluding hydrogens is 550 g/mol. The number of hydrogen-bond acceptors (Lipinski definition) is 4. The van der Waals surface area contributed by atoms with E-state index in [4.69, 9.17) is 4.74 Å². The SMILES string of the molecule is C=CCN(C(=O)C(Cc1ccccc1)NC(=O)OC(C)(C)C)C(C(=O)Nc1ccc2ccccc2c1)c1cccc(C)c1C. The normalized spacial score (nSPS) is 12.6. The van der Waals surface area contributed by atoms with Crippen LogP contribution in [0.1, 0.15) is 49.1 Å². The molecule has 0 radical (unpaired) electrons. The van der Waals surface area contributed by atoms with Crippen LogP contribution in [0, 0.1) is 13.8 Å². The Hall–Kier alpha value is -4.91. The van der Waals surface area contributed by atoms with Crippen molar-refractivity contribution in [1.82, 2.24) is 10.2 Å². The number of benzene rings is 4. The van der Waals surface area contributed by atoms with Crippen LogP contribution in [0.15, 0.2) is 104 Å². The summed E-state index contributed by atoms with van der Waals surface area (Å²) in [6.07, 6.45) is 1.08. The van der Waals surface area contributed by atoms with Gasteiger partial charge in [0.2, 0.25) is 5.91 Å². The molecule has 3 amide bonds. The van der Waals surface area contributed by atoms with Crippen LogP contribution in [0.5, 0.6) is 0 Å². The number of amides is 3. The third-order valence-corrected chi connectivity index (χ3v) is 7.40. The average Bonchev–Trinajstić information content (AvgIpc) is 2.98. The minimum atomic E-state index is -1.01. The lowest BCUT2D eigenvalue weighted by Crippen LogP contribution is -2.53. The number of rotatable bonds is 10. The van der Waals surface area contributed by atoms with Crippen LogP contribution in [0.2, 0.25) is 0 Å². The van der Waals surface area contributed by atoms with Crippen LogP contribution in [0.4, 0.5) is 10.5 Å². The summed E-state index contributed by atoms with van der Waals surface area (Å²) in [6.45, 7) is 13.2. The number of ether oxygens (including phenoxy) is 1. The van der Waals surface area contributed by atoms with E-state index in [2.05, 4.69) is 17.2 Å². The van der Waals surface area contributed by atoms with E-state index in [0.717, 1.165) is 27.5 Å². The highest BCUT2D eigenvalue weighted by Crippen LogP contribution is 2.29. The van der Waals surface area contributed by atoms with Gasteiger partial charge in [0.1, 0.15) is 17.7 Å². The Bertz CT molecular complexity index is 1640. The van der Waals surface area contributed by atoms with Gasteiger partial charge in [0, 0.05) is 18.7 Å². The molecule has 4 rings (SSSR count). The van der Waals surface area contributed by atoms with Crippen molar-refractivity contribution in [2.75, 3.05) is 11.9 Å². The van der Waals surface area contributed by atoms with Gasteiger partial charge in [0.25, 0.3) is 5.91 Å². The summed E-state index contributed by atoms with van der Waals surface area (Å²) in [5, 5.41) is 7.87. The summed E-state index contributed by atoms with van der Waals surface area (Å²) < 4.78 is 5.52. The predicted molar refractivity (Wildman–Crippen MR) is 176 cm³/mol. The van der Waals surface area contributed by atoms with Gasteiger partial charge in [-0.2, -0.15) is 0 Å². The number of carbonyl (C=O) groups excluding carboxylic acids is 3. The van der Waals surface area contributed by atoms with Gasteiger partial charge in [-0.15, -0.1) is 6.58 Å². The molecule has 2 N–H and O–H groups in total. The van der Waals surface area contributed by atoms with Crippen molar-refractivity contribution in [3.05, 3.63) is 126 Å². The first-order valence-corrected chi connectivity index (χ1v) is 14.8. The monoisotopic (exact) mass is 591 g/mol. The summed E-state index contributed by atoms with van der Waals surface area (Å²) in [4.78, 5) is 43.2. The van der Waals surface area contributed by atoms with Gasteiger partial charge in [-0.05, 0) is 79.8 Å². The molecule has 0 bridgehead atoms. The van der Waals surface area contributed by atoms with E-state index in [0.29, 0.717) is 11.3 Å². The first-order chi connectivity index (χ1) is 21.0. The molecule has 44 heavy (non-hydrogen) atoms.